The molecule has 0 aromatic rings. The van der Waals surface area contributed by atoms with E-state index in [1.807, 2.05) is 19.9 Å². The minimum Gasteiger partial charge on any atom is -0.432 e. The third-order valence-electron chi connectivity index (χ3n) is 4.11. The number of fused-ring (bicyclic) bond motifs is 1. The second-order valence-electron chi connectivity index (χ2n) is 5.33. The number of allylic oxidation sites excluding steroid dienone is 2. The van der Waals surface area contributed by atoms with E-state index in [2.05, 4.69) is 0 Å². The average Bonchev–Trinajstić information content (AvgIpc) is 2.49. The van der Waals surface area contributed by atoms with E-state index in [-0.39, 0.29) is 11.8 Å². The van der Waals surface area contributed by atoms with Crippen molar-refractivity contribution < 1.29 is 19.1 Å². The van der Waals surface area contributed by atoms with Crippen molar-refractivity contribution >= 4 is 11.8 Å². The van der Waals surface area contributed by atoms with Gasteiger partial charge in [0.05, 0.1) is 12.2 Å². The molecule has 4 heteroatoms. The zero-order chi connectivity index (χ0) is 13.6. The summed E-state index contributed by atoms with van der Waals surface area (Å²) in [5.74, 6) is 0.278. The maximum atomic E-state index is 11.7. The van der Waals surface area contributed by atoms with Crippen LogP contribution in [0.4, 0.5) is 0 Å². The number of rotatable bonds is 1. The Kier molecular flexibility index (Phi) is 2.93. The minimum atomic E-state index is -0.502. The fourth-order valence-corrected chi connectivity index (χ4v) is 2.78. The molecule has 2 aliphatic rings. The lowest BCUT2D eigenvalue weighted by molar-refractivity contribution is -0.136. The van der Waals surface area contributed by atoms with Crippen LogP contribution in [-0.2, 0) is 19.1 Å². The maximum absolute atomic E-state index is 11.7. The number of ether oxygens (including phenoxy) is 2. The molecule has 0 aromatic heterocycles. The van der Waals surface area contributed by atoms with E-state index in [0.717, 1.165) is 5.57 Å². The SMILES string of the molecule is CC(=O)O/C(C)=C1\CO[C@]2(C)C=CC(=O)C[C@]12C. The summed E-state index contributed by atoms with van der Waals surface area (Å²) >= 11 is 0. The molecule has 0 bridgehead atoms. The Bertz CT molecular complexity index is 474. The molecular formula is C14H18O4. The molecule has 0 N–H and O–H groups in total. The Morgan fingerprint density at radius 3 is 2.67 bits per heavy atom. The number of hydrogen-bond donors (Lipinski definition) is 0. The van der Waals surface area contributed by atoms with Gasteiger partial charge >= 0.3 is 5.97 Å². The maximum Gasteiger partial charge on any atom is 0.307 e. The number of carbonyl (C=O) groups is 2. The highest BCUT2D eigenvalue weighted by molar-refractivity contribution is 5.92. The molecule has 2 rings (SSSR count). The van der Waals surface area contributed by atoms with Gasteiger partial charge in [-0.05, 0) is 26.0 Å². The van der Waals surface area contributed by atoms with Crippen LogP contribution in [0.2, 0.25) is 0 Å². The van der Waals surface area contributed by atoms with Gasteiger partial charge < -0.3 is 9.47 Å². The van der Waals surface area contributed by atoms with Crippen molar-refractivity contribution in [3.05, 3.63) is 23.5 Å². The third kappa shape index (κ3) is 1.81. The van der Waals surface area contributed by atoms with Gasteiger partial charge in [-0.3, -0.25) is 9.59 Å². The largest absolute Gasteiger partial charge is 0.432 e. The molecule has 0 spiro atoms. The van der Waals surface area contributed by atoms with Crippen molar-refractivity contribution in [3.8, 4) is 0 Å². The molecular weight excluding hydrogens is 232 g/mol. The van der Waals surface area contributed by atoms with Crippen LogP contribution >= 0.6 is 0 Å². The molecule has 2 atom stereocenters. The van der Waals surface area contributed by atoms with E-state index in [1.165, 1.54) is 6.92 Å². The highest BCUT2D eigenvalue weighted by Gasteiger charge is 2.55. The summed E-state index contributed by atoms with van der Waals surface area (Å²) in [6, 6.07) is 0. The second-order valence-corrected chi connectivity index (χ2v) is 5.33. The van der Waals surface area contributed by atoms with Crippen molar-refractivity contribution in [1.29, 1.82) is 0 Å². The van der Waals surface area contributed by atoms with E-state index in [4.69, 9.17) is 9.47 Å². The smallest absolute Gasteiger partial charge is 0.307 e. The predicted octanol–water partition coefficient (Wildman–Crippen LogP) is 2.15. The van der Waals surface area contributed by atoms with Crippen LogP contribution in [0.5, 0.6) is 0 Å². The number of carbonyl (C=O) groups excluding carboxylic acids is 2. The molecule has 1 heterocycles. The molecule has 1 aliphatic carbocycles. The molecule has 1 saturated heterocycles. The highest BCUT2D eigenvalue weighted by Crippen LogP contribution is 2.53. The van der Waals surface area contributed by atoms with Crippen LogP contribution in [0.15, 0.2) is 23.5 Å². The molecule has 98 valence electrons. The van der Waals surface area contributed by atoms with Gasteiger partial charge in [0, 0.05) is 24.3 Å². The zero-order valence-electron chi connectivity index (χ0n) is 11.2. The van der Waals surface area contributed by atoms with E-state index in [1.54, 1.807) is 13.0 Å². The van der Waals surface area contributed by atoms with Gasteiger partial charge in [-0.25, -0.2) is 0 Å². The van der Waals surface area contributed by atoms with Crippen LogP contribution in [0, 0.1) is 5.41 Å². The molecule has 0 amide bonds. The molecule has 4 nitrogen and oxygen atoms in total. The van der Waals surface area contributed by atoms with Crippen LogP contribution in [-0.4, -0.2) is 24.0 Å². The topological polar surface area (TPSA) is 52.6 Å². The lowest BCUT2D eigenvalue weighted by Crippen LogP contribution is -2.43. The summed E-state index contributed by atoms with van der Waals surface area (Å²) in [5.41, 5.74) is -0.0337. The highest BCUT2D eigenvalue weighted by atomic mass is 16.5. The van der Waals surface area contributed by atoms with Gasteiger partial charge in [-0.1, -0.05) is 6.92 Å². The van der Waals surface area contributed by atoms with Crippen LogP contribution < -0.4 is 0 Å². The van der Waals surface area contributed by atoms with Gasteiger partial charge in [-0.2, -0.15) is 0 Å². The summed E-state index contributed by atoms with van der Waals surface area (Å²) in [6.45, 7) is 7.46. The number of hydrogen-bond acceptors (Lipinski definition) is 4. The van der Waals surface area contributed by atoms with Gasteiger partial charge in [0.1, 0.15) is 5.76 Å². The molecule has 1 fully saturated rings. The zero-order valence-corrected chi connectivity index (χ0v) is 11.2. The number of esters is 1. The standard InChI is InChI=1S/C14H18O4/c1-9(18-10(2)15)12-8-17-14(4)6-5-11(16)7-13(12,14)3/h5-6H,7-8H2,1-4H3/b12-9+/t13-,14-/m1/s1. The van der Waals surface area contributed by atoms with E-state index in [9.17, 15) is 9.59 Å². The van der Waals surface area contributed by atoms with Gasteiger partial charge in [0.2, 0.25) is 0 Å². The summed E-state index contributed by atoms with van der Waals surface area (Å²) in [4.78, 5) is 22.7. The minimum absolute atomic E-state index is 0.0774. The Balaban J connectivity index is 2.45. The van der Waals surface area contributed by atoms with Crippen LogP contribution in [0.3, 0.4) is 0 Å². The van der Waals surface area contributed by atoms with E-state index in [0.29, 0.717) is 18.8 Å². The first kappa shape index (κ1) is 13.0. The van der Waals surface area contributed by atoms with Crippen molar-refractivity contribution in [2.24, 2.45) is 5.41 Å². The molecule has 1 aliphatic heterocycles. The Morgan fingerprint density at radius 2 is 2.06 bits per heavy atom. The fraction of sp³-hybridized carbons (Fsp3) is 0.571. The molecule has 0 radical (unpaired) electrons. The molecule has 0 saturated carbocycles. The second kappa shape index (κ2) is 4.05. The Hall–Kier alpha value is -1.42. The van der Waals surface area contributed by atoms with Crippen LogP contribution in [0.25, 0.3) is 0 Å². The molecule has 18 heavy (non-hydrogen) atoms. The summed E-state index contributed by atoms with van der Waals surface area (Å²) in [7, 11) is 0. The van der Waals surface area contributed by atoms with E-state index < -0.39 is 11.0 Å². The van der Waals surface area contributed by atoms with Gasteiger partial charge in [-0.15, -0.1) is 0 Å². The first-order valence-electron chi connectivity index (χ1n) is 6.03. The first-order valence-corrected chi connectivity index (χ1v) is 6.03. The number of ketones is 1. The normalized spacial score (nSPS) is 37.4. The Morgan fingerprint density at radius 1 is 1.39 bits per heavy atom. The van der Waals surface area contributed by atoms with Crippen molar-refractivity contribution in [3.63, 3.8) is 0 Å². The summed E-state index contributed by atoms with van der Waals surface area (Å²) in [5, 5.41) is 0. The first-order chi connectivity index (χ1) is 8.28. The summed E-state index contributed by atoms with van der Waals surface area (Å²) in [6.07, 6.45) is 3.77. The third-order valence-corrected chi connectivity index (χ3v) is 4.11. The molecule has 0 aromatic carbocycles. The van der Waals surface area contributed by atoms with Gasteiger partial charge in [0.15, 0.2) is 5.78 Å². The van der Waals surface area contributed by atoms with Crippen molar-refractivity contribution in [1.82, 2.24) is 0 Å². The van der Waals surface area contributed by atoms with Gasteiger partial charge in [0.25, 0.3) is 0 Å². The fourth-order valence-electron chi connectivity index (χ4n) is 2.78. The lowest BCUT2D eigenvalue weighted by Gasteiger charge is -2.40. The van der Waals surface area contributed by atoms with E-state index >= 15 is 0 Å². The lowest BCUT2D eigenvalue weighted by atomic mass is 9.65. The predicted molar refractivity (Wildman–Crippen MR) is 65.7 cm³/mol. The molecule has 0 unspecified atom stereocenters. The quantitative estimate of drug-likeness (QED) is 0.528. The van der Waals surface area contributed by atoms with Crippen molar-refractivity contribution in [2.75, 3.05) is 6.61 Å². The van der Waals surface area contributed by atoms with Crippen molar-refractivity contribution in [2.45, 2.75) is 39.7 Å². The Labute approximate surface area is 107 Å². The monoisotopic (exact) mass is 250 g/mol. The average molecular weight is 250 g/mol. The summed E-state index contributed by atoms with van der Waals surface area (Å²) < 4.78 is 11.0. The van der Waals surface area contributed by atoms with Crippen LogP contribution in [0.1, 0.15) is 34.1 Å².